The molecule has 0 aliphatic heterocycles. The number of thiophene rings is 1. The molecule has 112 valence electrons. The first-order valence-corrected chi connectivity index (χ1v) is 8.84. The fourth-order valence-corrected chi connectivity index (χ4v) is 3.76. The third-order valence-electron chi connectivity index (χ3n) is 3.10. The number of aromatic amines is 1. The average molecular weight is 347 g/mol. The van der Waals surface area contributed by atoms with E-state index in [0.29, 0.717) is 22.5 Å². The number of nitrogens with zero attached hydrogens (tertiary/aromatic N) is 2. The van der Waals surface area contributed by atoms with Crippen molar-refractivity contribution in [3.05, 3.63) is 58.0 Å². The molecule has 2 heterocycles. The van der Waals surface area contributed by atoms with Gasteiger partial charge >= 0.3 is 0 Å². The van der Waals surface area contributed by atoms with Gasteiger partial charge in [0.05, 0.1) is 21.7 Å². The van der Waals surface area contributed by atoms with Crippen molar-refractivity contribution in [2.75, 3.05) is 11.9 Å². The molecule has 0 spiro atoms. The summed E-state index contributed by atoms with van der Waals surface area (Å²) in [5.41, 5.74) is 0.595. The SMILES string of the molecule is CN(C(=S)SCc1nc2ccccc2c(=O)[nH]1)c1cccs1. The standard InChI is InChI=1S/C15H13N3OS3/c1-18(13-7-4-8-21-13)15(20)22-9-12-16-11-6-3-2-5-10(11)14(19)17-12/h2-8H,9H2,1H3,(H,16,17,19). The molecule has 1 aromatic carbocycles. The number of thioether (sulfide) groups is 1. The number of fused-ring (bicyclic) bond motifs is 1. The Morgan fingerprint density at radius 2 is 2.18 bits per heavy atom. The van der Waals surface area contributed by atoms with E-state index in [2.05, 4.69) is 9.97 Å². The largest absolute Gasteiger partial charge is 0.322 e. The zero-order chi connectivity index (χ0) is 15.5. The van der Waals surface area contributed by atoms with Crippen LogP contribution in [0.25, 0.3) is 10.9 Å². The lowest BCUT2D eigenvalue weighted by Gasteiger charge is -2.17. The molecule has 2 aromatic heterocycles. The van der Waals surface area contributed by atoms with E-state index in [0.717, 1.165) is 9.32 Å². The molecule has 0 unspecified atom stereocenters. The highest BCUT2D eigenvalue weighted by Crippen LogP contribution is 2.24. The van der Waals surface area contributed by atoms with E-state index in [-0.39, 0.29) is 5.56 Å². The second-order valence-corrected chi connectivity index (χ2v) is 7.13. The molecule has 3 aromatic rings. The third kappa shape index (κ3) is 3.21. The van der Waals surface area contributed by atoms with Crippen LogP contribution in [0, 0.1) is 0 Å². The van der Waals surface area contributed by atoms with E-state index in [9.17, 15) is 4.79 Å². The number of hydrogen-bond donors (Lipinski definition) is 1. The summed E-state index contributed by atoms with van der Waals surface area (Å²) >= 11 is 8.55. The Morgan fingerprint density at radius 1 is 1.36 bits per heavy atom. The van der Waals surface area contributed by atoms with Crippen LogP contribution in [-0.2, 0) is 5.75 Å². The van der Waals surface area contributed by atoms with Gasteiger partial charge in [0.25, 0.3) is 5.56 Å². The van der Waals surface area contributed by atoms with E-state index in [4.69, 9.17) is 12.2 Å². The molecule has 0 fully saturated rings. The summed E-state index contributed by atoms with van der Waals surface area (Å²) in [7, 11) is 1.94. The number of anilines is 1. The fraction of sp³-hybridized carbons (Fsp3) is 0.133. The van der Waals surface area contributed by atoms with Gasteiger partial charge < -0.3 is 9.88 Å². The van der Waals surface area contributed by atoms with Crippen LogP contribution in [0.5, 0.6) is 0 Å². The number of H-pyrrole nitrogens is 1. The molecule has 0 aliphatic carbocycles. The Hall–Kier alpha value is -1.70. The van der Waals surface area contributed by atoms with E-state index in [1.165, 1.54) is 11.8 Å². The van der Waals surface area contributed by atoms with Gasteiger partial charge in [-0.2, -0.15) is 0 Å². The maximum absolute atomic E-state index is 12.0. The number of thiocarbonyl (C=S) groups is 1. The Bertz CT molecular complexity index is 858. The van der Waals surface area contributed by atoms with Crippen molar-refractivity contribution < 1.29 is 0 Å². The van der Waals surface area contributed by atoms with Gasteiger partial charge in [-0.3, -0.25) is 4.79 Å². The Labute approximate surface area is 141 Å². The third-order valence-corrected chi connectivity index (χ3v) is 5.62. The van der Waals surface area contributed by atoms with Gasteiger partial charge in [0.1, 0.15) is 10.1 Å². The van der Waals surface area contributed by atoms with Crippen LogP contribution in [0.3, 0.4) is 0 Å². The summed E-state index contributed by atoms with van der Waals surface area (Å²) in [6.45, 7) is 0. The molecule has 0 aliphatic rings. The van der Waals surface area contributed by atoms with Crippen LogP contribution in [0.4, 0.5) is 5.00 Å². The van der Waals surface area contributed by atoms with Gasteiger partial charge in [0.2, 0.25) is 0 Å². The van der Waals surface area contributed by atoms with Crippen LogP contribution < -0.4 is 10.5 Å². The molecule has 3 rings (SSSR count). The van der Waals surface area contributed by atoms with Crippen molar-refractivity contribution in [2.45, 2.75) is 5.75 Å². The summed E-state index contributed by atoms with van der Waals surface area (Å²) in [5.74, 6) is 1.17. The van der Waals surface area contributed by atoms with Crippen molar-refractivity contribution in [2.24, 2.45) is 0 Å². The van der Waals surface area contributed by atoms with Crippen molar-refractivity contribution >= 4 is 55.5 Å². The monoisotopic (exact) mass is 347 g/mol. The molecule has 1 N–H and O–H groups in total. The lowest BCUT2D eigenvalue weighted by atomic mass is 10.2. The molecular weight excluding hydrogens is 334 g/mol. The molecule has 22 heavy (non-hydrogen) atoms. The second-order valence-electron chi connectivity index (χ2n) is 4.59. The lowest BCUT2D eigenvalue weighted by molar-refractivity contribution is 1.04. The van der Waals surface area contributed by atoms with Gasteiger partial charge in [-0.1, -0.05) is 36.1 Å². The van der Waals surface area contributed by atoms with Gasteiger partial charge in [-0.05, 0) is 29.6 Å². The average Bonchev–Trinajstić information content (AvgIpc) is 3.06. The van der Waals surface area contributed by atoms with Crippen LogP contribution in [0.2, 0.25) is 0 Å². The number of rotatable bonds is 3. The quantitative estimate of drug-likeness (QED) is 0.733. The first kappa shape index (κ1) is 15.2. The molecule has 4 nitrogen and oxygen atoms in total. The van der Waals surface area contributed by atoms with Gasteiger partial charge in [-0.25, -0.2) is 4.98 Å². The summed E-state index contributed by atoms with van der Waals surface area (Å²) in [6.07, 6.45) is 0. The normalized spacial score (nSPS) is 10.8. The van der Waals surface area contributed by atoms with Crippen molar-refractivity contribution in [1.82, 2.24) is 9.97 Å². The highest BCUT2D eigenvalue weighted by Gasteiger charge is 2.10. The smallest absolute Gasteiger partial charge is 0.258 e. The maximum atomic E-state index is 12.0. The van der Waals surface area contributed by atoms with Crippen LogP contribution >= 0.6 is 35.3 Å². The number of hydrogen-bond acceptors (Lipinski definition) is 5. The molecule has 0 atom stereocenters. The molecule has 0 saturated carbocycles. The molecule has 0 radical (unpaired) electrons. The highest BCUT2D eigenvalue weighted by atomic mass is 32.2. The number of benzene rings is 1. The summed E-state index contributed by atoms with van der Waals surface area (Å²) in [6, 6.07) is 11.3. The summed E-state index contributed by atoms with van der Waals surface area (Å²) in [5, 5.41) is 3.72. The highest BCUT2D eigenvalue weighted by molar-refractivity contribution is 8.22. The Morgan fingerprint density at radius 3 is 2.95 bits per heavy atom. The predicted octanol–water partition coefficient (Wildman–Crippen LogP) is 3.64. The zero-order valence-electron chi connectivity index (χ0n) is 11.8. The molecular formula is C15H13N3OS3. The van der Waals surface area contributed by atoms with Crippen molar-refractivity contribution in [1.29, 1.82) is 0 Å². The number of nitrogens with one attached hydrogen (secondary N) is 1. The lowest BCUT2D eigenvalue weighted by Crippen LogP contribution is -2.21. The first-order valence-electron chi connectivity index (χ1n) is 6.57. The molecule has 0 saturated heterocycles. The summed E-state index contributed by atoms with van der Waals surface area (Å²) in [4.78, 5) is 21.3. The van der Waals surface area contributed by atoms with Crippen LogP contribution in [0.15, 0.2) is 46.6 Å². The minimum absolute atomic E-state index is 0.112. The maximum Gasteiger partial charge on any atom is 0.258 e. The minimum Gasteiger partial charge on any atom is -0.322 e. The zero-order valence-corrected chi connectivity index (χ0v) is 14.2. The van der Waals surface area contributed by atoms with Crippen molar-refractivity contribution in [3.8, 4) is 0 Å². The molecule has 0 bridgehead atoms. The van der Waals surface area contributed by atoms with Gasteiger partial charge in [-0.15, -0.1) is 11.3 Å². The second kappa shape index (κ2) is 6.60. The fourth-order valence-electron chi connectivity index (χ4n) is 1.98. The Balaban J connectivity index is 1.74. The predicted molar refractivity (Wildman–Crippen MR) is 99.0 cm³/mol. The van der Waals surface area contributed by atoms with Crippen molar-refractivity contribution in [3.63, 3.8) is 0 Å². The number of para-hydroxylation sites is 1. The number of aromatic nitrogens is 2. The van der Waals surface area contributed by atoms with Gasteiger partial charge in [0, 0.05) is 7.05 Å². The summed E-state index contributed by atoms with van der Waals surface area (Å²) < 4.78 is 0.748. The van der Waals surface area contributed by atoms with Crippen LogP contribution in [-0.4, -0.2) is 21.3 Å². The topological polar surface area (TPSA) is 49.0 Å². The van der Waals surface area contributed by atoms with E-state index < -0.39 is 0 Å². The van der Waals surface area contributed by atoms with E-state index in [1.54, 1.807) is 17.4 Å². The minimum atomic E-state index is -0.112. The van der Waals surface area contributed by atoms with Gasteiger partial charge in [0.15, 0.2) is 0 Å². The van der Waals surface area contributed by atoms with E-state index in [1.807, 2.05) is 47.7 Å². The van der Waals surface area contributed by atoms with Crippen LogP contribution in [0.1, 0.15) is 5.82 Å². The molecule has 7 heteroatoms. The first-order chi connectivity index (χ1) is 10.6. The molecule has 0 amide bonds. The van der Waals surface area contributed by atoms with E-state index >= 15 is 0 Å². The Kier molecular flexibility index (Phi) is 4.56.